The summed E-state index contributed by atoms with van der Waals surface area (Å²) >= 11 is 0. The Labute approximate surface area is 140 Å². The predicted molar refractivity (Wildman–Crippen MR) is 95.2 cm³/mol. The zero-order valence-corrected chi connectivity index (χ0v) is 14.7. The van der Waals surface area contributed by atoms with E-state index in [9.17, 15) is 0 Å². The molecule has 0 aromatic heterocycles. The number of piperazine rings is 1. The van der Waals surface area contributed by atoms with Gasteiger partial charge in [0.1, 0.15) is 5.75 Å². The van der Waals surface area contributed by atoms with Crippen molar-refractivity contribution in [2.24, 2.45) is 0 Å². The van der Waals surface area contributed by atoms with E-state index in [0.29, 0.717) is 6.04 Å². The van der Waals surface area contributed by atoms with Crippen LogP contribution < -0.4 is 10.1 Å². The highest BCUT2D eigenvalue weighted by atomic mass is 16.5. The second-order valence-corrected chi connectivity index (χ2v) is 6.78. The van der Waals surface area contributed by atoms with Gasteiger partial charge in [0, 0.05) is 38.3 Å². The molecular weight excluding hydrogens is 286 g/mol. The normalized spacial score (nSPS) is 21.5. The lowest BCUT2D eigenvalue weighted by atomic mass is 10.0. The first kappa shape index (κ1) is 16.7. The Hall–Kier alpha value is -1.10. The Balaban J connectivity index is 1.85. The summed E-state index contributed by atoms with van der Waals surface area (Å²) in [6, 6.07) is 7.13. The van der Waals surface area contributed by atoms with E-state index < -0.39 is 0 Å². The van der Waals surface area contributed by atoms with Crippen molar-refractivity contribution < 1.29 is 4.74 Å². The second-order valence-electron chi connectivity index (χ2n) is 6.78. The maximum absolute atomic E-state index is 5.96. The minimum absolute atomic E-state index is 0.456. The molecule has 3 rings (SSSR count). The van der Waals surface area contributed by atoms with Crippen LogP contribution in [0.15, 0.2) is 18.2 Å². The summed E-state index contributed by atoms with van der Waals surface area (Å²) in [5, 5.41) is 3.46. The van der Waals surface area contributed by atoms with Gasteiger partial charge in [-0.05, 0) is 45.8 Å². The quantitative estimate of drug-likeness (QED) is 0.872. The average Bonchev–Trinajstić information content (AvgIpc) is 3.10. The zero-order valence-electron chi connectivity index (χ0n) is 14.7. The van der Waals surface area contributed by atoms with Crippen molar-refractivity contribution in [1.82, 2.24) is 15.1 Å². The molecule has 1 aromatic carbocycles. The van der Waals surface area contributed by atoms with Crippen molar-refractivity contribution in [2.75, 3.05) is 52.4 Å². The van der Waals surface area contributed by atoms with E-state index in [1.54, 1.807) is 0 Å². The molecule has 1 atom stereocenters. The van der Waals surface area contributed by atoms with Crippen molar-refractivity contribution in [3.05, 3.63) is 29.3 Å². The van der Waals surface area contributed by atoms with Crippen molar-refractivity contribution in [1.29, 1.82) is 0 Å². The van der Waals surface area contributed by atoms with E-state index in [-0.39, 0.29) is 0 Å². The summed E-state index contributed by atoms with van der Waals surface area (Å²) in [4.78, 5) is 5.27. The van der Waals surface area contributed by atoms with Crippen molar-refractivity contribution in [3.8, 4) is 5.75 Å². The number of likely N-dealkylation sites (tertiary alicyclic amines) is 1. The summed E-state index contributed by atoms with van der Waals surface area (Å²) in [7, 11) is 0. The SMILES string of the molecule is CCOc1ccc(C)cc1C(CN1CCNCC1)N1CCCC1. The Morgan fingerprint density at radius 3 is 2.57 bits per heavy atom. The molecule has 128 valence electrons. The number of rotatable bonds is 6. The smallest absolute Gasteiger partial charge is 0.124 e. The van der Waals surface area contributed by atoms with Gasteiger partial charge < -0.3 is 10.1 Å². The third kappa shape index (κ3) is 4.25. The number of aryl methyl sites for hydroxylation is 1. The minimum Gasteiger partial charge on any atom is -0.494 e. The highest BCUT2D eigenvalue weighted by molar-refractivity contribution is 5.39. The van der Waals surface area contributed by atoms with Crippen LogP contribution in [0.5, 0.6) is 5.75 Å². The van der Waals surface area contributed by atoms with Gasteiger partial charge in [0.2, 0.25) is 0 Å². The predicted octanol–water partition coefficient (Wildman–Crippen LogP) is 2.44. The fourth-order valence-electron chi connectivity index (χ4n) is 3.82. The molecular formula is C19H31N3O. The molecule has 0 radical (unpaired) electrons. The van der Waals surface area contributed by atoms with Gasteiger partial charge in [0.15, 0.2) is 0 Å². The number of hydrogen-bond acceptors (Lipinski definition) is 4. The van der Waals surface area contributed by atoms with E-state index in [1.807, 2.05) is 0 Å². The summed E-state index contributed by atoms with van der Waals surface area (Å²) in [5.41, 5.74) is 2.71. The lowest BCUT2D eigenvalue weighted by molar-refractivity contribution is 0.147. The molecule has 0 saturated carbocycles. The molecule has 4 heteroatoms. The van der Waals surface area contributed by atoms with Crippen molar-refractivity contribution in [3.63, 3.8) is 0 Å². The van der Waals surface area contributed by atoms with E-state index in [4.69, 9.17) is 4.74 Å². The first-order valence-electron chi connectivity index (χ1n) is 9.18. The largest absolute Gasteiger partial charge is 0.494 e. The maximum atomic E-state index is 5.96. The number of ether oxygens (including phenoxy) is 1. The molecule has 1 N–H and O–H groups in total. The third-order valence-electron chi connectivity index (χ3n) is 5.05. The molecule has 0 spiro atoms. The molecule has 2 fully saturated rings. The second kappa shape index (κ2) is 8.13. The Kier molecular flexibility index (Phi) is 5.92. The number of hydrogen-bond donors (Lipinski definition) is 1. The van der Waals surface area contributed by atoms with Gasteiger partial charge in [-0.25, -0.2) is 0 Å². The summed E-state index contributed by atoms with van der Waals surface area (Å²) in [6.45, 7) is 13.1. The minimum atomic E-state index is 0.456. The Morgan fingerprint density at radius 2 is 1.87 bits per heavy atom. The molecule has 2 aliphatic rings. The molecule has 2 heterocycles. The van der Waals surface area contributed by atoms with E-state index >= 15 is 0 Å². The fourth-order valence-corrected chi connectivity index (χ4v) is 3.82. The molecule has 2 saturated heterocycles. The van der Waals surface area contributed by atoms with Gasteiger partial charge >= 0.3 is 0 Å². The van der Waals surface area contributed by atoms with E-state index in [1.165, 1.54) is 37.1 Å². The molecule has 1 unspecified atom stereocenters. The topological polar surface area (TPSA) is 27.7 Å². The standard InChI is InChI=1S/C19H31N3O/c1-3-23-19-7-6-16(2)14-17(19)18(22-10-4-5-11-22)15-21-12-8-20-9-13-21/h6-7,14,18,20H,3-5,8-13,15H2,1-2H3. The zero-order chi connectivity index (χ0) is 16.1. The molecule has 0 amide bonds. The lowest BCUT2D eigenvalue weighted by Crippen LogP contribution is -2.47. The Morgan fingerprint density at radius 1 is 1.13 bits per heavy atom. The van der Waals surface area contributed by atoms with Gasteiger partial charge in [-0.2, -0.15) is 0 Å². The van der Waals surface area contributed by atoms with Crippen LogP contribution >= 0.6 is 0 Å². The van der Waals surface area contributed by atoms with E-state index in [0.717, 1.165) is 45.1 Å². The van der Waals surface area contributed by atoms with Crippen LogP contribution in [0.3, 0.4) is 0 Å². The van der Waals surface area contributed by atoms with Crippen LogP contribution in [-0.4, -0.2) is 62.2 Å². The third-order valence-corrected chi connectivity index (χ3v) is 5.05. The molecule has 4 nitrogen and oxygen atoms in total. The molecule has 23 heavy (non-hydrogen) atoms. The monoisotopic (exact) mass is 317 g/mol. The van der Waals surface area contributed by atoms with Gasteiger partial charge in [-0.3, -0.25) is 9.80 Å². The first-order chi connectivity index (χ1) is 11.3. The molecule has 2 aliphatic heterocycles. The number of nitrogens with one attached hydrogen (secondary N) is 1. The van der Waals surface area contributed by atoms with Crippen LogP contribution in [-0.2, 0) is 0 Å². The average molecular weight is 317 g/mol. The van der Waals surface area contributed by atoms with Gasteiger partial charge in [0.05, 0.1) is 12.6 Å². The van der Waals surface area contributed by atoms with Crippen LogP contribution in [0, 0.1) is 6.92 Å². The lowest BCUT2D eigenvalue weighted by Gasteiger charge is -2.36. The first-order valence-corrected chi connectivity index (χ1v) is 9.18. The van der Waals surface area contributed by atoms with Crippen LogP contribution in [0.25, 0.3) is 0 Å². The van der Waals surface area contributed by atoms with Gasteiger partial charge in [0.25, 0.3) is 0 Å². The molecule has 0 aliphatic carbocycles. The van der Waals surface area contributed by atoms with Crippen molar-refractivity contribution >= 4 is 0 Å². The summed E-state index contributed by atoms with van der Waals surface area (Å²) < 4.78 is 5.96. The van der Waals surface area contributed by atoms with Crippen LogP contribution in [0.1, 0.15) is 36.9 Å². The van der Waals surface area contributed by atoms with E-state index in [2.05, 4.69) is 47.2 Å². The highest BCUT2D eigenvalue weighted by Crippen LogP contribution is 2.33. The number of nitrogens with zero attached hydrogens (tertiary/aromatic N) is 2. The molecule has 1 aromatic rings. The summed E-state index contributed by atoms with van der Waals surface area (Å²) in [6.07, 6.45) is 2.65. The van der Waals surface area contributed by atoms with Crippen LogP contribution in [0.4, 0.5) is 0 Å². The highest BCUT2D eigenvalue weighted by Gasteiger charge is 2.28. The van der Waals surface area contributed by atoms with Crippen molar-refractivity contribution in [2.45, 2.75) is 32.7 Å². The fraction of sp³-hybridized carbons (Fsp3) is 0.684. The summed E-state index contributed by atoms with van der Waals surface area (Å²) in [5.74, 6) is 1.07. The Bertz CT molecular complexity index is 493. The van der Waals surface area contributed by atoms with Crippen LogP contribution in [0.2, 0.25) is 0 Å². The number of benzene rings is 1. The van der Waals surface area contributed by atoms with Gasteiger partial charge in [-0.15, -0.1) is 0 Å². The van der Waals surface area contributed by atoms with Gasteiger partial charge in [-0.1, -0.05) is 17.7 Å². The molecule has 0 bridgehead atoms. The maximum Gasteiger partial charge on any atom is 0.124 e.